The molecule has 0 bridgehead atoms. The number of nitrogens with zero attached hydrogens (tertiary/aromatic N) is 4. The summed E-state index contributed by atoms with van der Waals surface area (Å²) in [6.45, 7) is 2.05. The smallest absolute Gasteiger partial charge is 0.228 e. The van der Waals surface area contributed by atoms with Gasteiger partial charge in [0.05, 0.1) is 18.3 Å². The molecule has 0 saturated heterocycles. The highest BCUT2D eigenvalue weighted by Crippen LogP contribution is 2.21. The van der Waals surface area contributed by atoms with Gasteiger partial charge in [0.15, 0.2) is 0 Å². The van der Waals surface area contributed by atoms with Crippen LogP contribution in [-0.4, -0.2) is 25.1 Å². The molecule has 0 spiro atoms. The lowest BCUT2D eigenvalue weighted by Crippen LogP contribution is -2.13. The van der Waals surface area contributed by atoms with Gasteiger partial charge in [0.1, 0.15) is 5.65 Å². The normalized spacial score (nSPS) is 11.0. The molecule has 4 aromatic rings. The predicted molar refractivity (Wildman–Crippen MR) is 101 cm³/mol. The third-order valence-corrected chi connectivity index (χ3v) is 4.20. The molecule has 6 heteroatoms. The van der Waals surface area contributed by atoms with E-state index in [1.807, 2.05) is 54.3 Å². The summed E-state index contributed by atoms with van der Waals surface area (Å²) in [6.07, 6.45) is 7.86. The van der Waals surface area contributed by atoms with Gasteiger partial charge in [-0.25, -0.2) is 4.98 Å². The summed E-state index contributed by atoms with van der Waals surface area (Å²) in [5, 5.41) is 6.98. The average Bonchev–Trinajstić information content (AvgIpc) is 3.21. The molecule has 6 nitrogen and oxygen atoms in total. The number of pyridine rings is 1. The number of aromatic nitrogens is 4. The van der Waals surface area contributed by atoms with E-state index in [0.717, 1.165) is 28.2 Å². The van der Waals surface area contributed by atoms with Crippen LogP contribution in [0.15, 0.2) is 61.2 Å². The van der Waals surface area contributed by atoms with Crippen LogP contribution in [0, 0.1) is 6.92 Å². The summed E-state index contributed by atoms with van der Waals surface area (Å²) in [7, 11) is 1.83. The molecule has 0 fully saturated rings. The van der Waals surface area contributed by atoms with Crippen molar-refractivity contribution in [3.8, 4) is 11.3 Å². The summed E-state index contributed by atoms with van der Waals surface area (Å²) in [5.74, 6) is -0.0612. The minimum absolute atomic E-state index is 0.0612. The average molecular weight is 345 g/mol. The van der Waals surface area contributed by atoms with Gasteiger partial charge >= 0.3 is 0 Å². The quantitative estimate of drug-likeness (QED) is 0.618. The standard InChI is InChI=1S/C20H19N5O/c1-14-7-8-25-13-18(23-19(25)9-14)16-3-5-17(6-4-16)22-20(26)10-15-11-21-24(2)12-15/h3-9,11-13H,10H2,1-2H3,(H,22,26). The van der Waals surface area contributed by atoms with Gasteiger partial charge in [-0.1, -0.05) is 12.1 Å². The molecule has 0 aliphatic carbocycles. The molecule has 0 radical (unpaired) electrons. The first kappa shape index (κ1) is 16.1. The van der Waals surface area contributed by atoms with Crippen molar-refractivity contribution in [2.24, 2.45) is 7.05 Å². The van der Waals surface area contributed by atoms with Gasteiger partial charge in [0, 0.05) is 36.9 Å². The highest BCUT2D eigenvalue weighted by molar-refractivity contribution is 5.92. The van der Waals surface area contributed by atoms with E-state index in [-0.39, 0.29) is 5.91 Å². The van der Waals surface area contributed by atoms with Crippen molar-refractivity contribution in [3.05, 3.63) is 72.3 Å². The van der Waals surface area contributed by atoms with E-state index in [1.165, 1.54) is 5.56 Å². The van der Waals surface area contributed by atoms with E-state index in [2.05, 4.69) is 34.5 Å². The number of carbonyl (C=O) groups excluding carboxylic acids is 1. The summed E-state index contributed by atoms with van der Waals surface area (Å²) < 4.78 is 3.69. The van der Waals surface area contributed by atoms with Crippen LogP contribution in [0.3, 0.4) is 0 Å². The summed E-state index contributed by atoms with van der Waals surface area (Å²) in [5.41, 5.74) is 5.68. The first-order valence-corrected chi connectivity index (χ1v) is 8.40. The van der Waals surface area contributed by atoms with E-state index < -0.39 is 0 Å². The van der Waals surface area contributed by atoms with Gasteiger partial charge in [-0.2, -0.15) is 5.10 Å². The molecule has 4 rings (SSSR count). The number of rotatable bonds is 4. The van der Waals surface area contributed by atoms with Gasteiger partial charge in [0.25, 0.3) is 0 Å². The van der Waals surface area contributed by atoms with Gasteiger partial charge < -0.3 is 9.72 Å². The Labute approximate surface area is 151 Å². The molecule has 1 amide bonds. The van der Waals surface area contributed by atoms with E-state index in [1.54, 1.807) is 10.9 Å². The topological polar surface area (TPSA) is 64.2 Å². The van der Waals surface area contributed by atoms with Gasteiger partial charge in [-0.05, 0) is 42.3 Å². The van der Waals surface area contributed by atoms with Crippen LogP contribution in [-0.2, 0) is 18.3 Å². The molecule has 26 heavy (non-hydrogen) atoms. The third-order valence-electron chi connectivity index (χ3n) is 4.20. The zero-order valence-electron chi connectivity index (χ0n) is 14.7. The number of anilines is 1. The fourth-order valence-corrected chi connectivity index (χ4v) is 2.90. The fraction of sp³-hybridized carbons (Fsp3) is 0.150. The zero-order chi connectivity index (χ0) is 18.1. The highest BCUT2D eigenvalue weighted by Gasteiger charge is 2.08. The molecule has 0 aliphatic heterocycles. The van der Waals surface area contributed by atoms with E-state index >= 15 is 0 Å². The second-order valence-electron chi connectivity index (χ2n) is 6.42. The van der Waals surface area contributed by atoms with E-state index in [4.69, 9.17) is 0 Å². The number of benzene rings is 1. The van der Waals surface area contributed by atoms with Crippen LogP contribution >= 0.6 is 0 Å². The zero-order valence-corrected chi connectivity index (χ0v) is 14.7. The number of hydrogen-bond acceptors (Lipinski definition) is 3. The Morgan fingerprint density at radius 3 is 2.69 bits per heavy atom. The maximum absolute atomic E-state index is 12.1. The Bertz CT molecular complexity index is 1080. The Morgan fingerprint density at radius 1 is 1.15 bits per heavy atom. The number of carbonyl (C=O) groups is 1. The molecule has 0 saturated carbocycles. The Hall–Kier alpha value is -3.41. The number of fused-ring (bicyclic) bond motifs is 1. The second kappa shape index (κ2) is 6.48. The Kier molecular flexibility index (Phi) is 4.01. The molecule has 0 aliphatic rings. The fourth-order valence-electron chi connectivity index (χ4n) is 2.90. The number of nitrogens with one attached hydrogen (secondary N) is 1. The minimum atomic E-state index is -0.0612. The molecule has 0 atom stereocenters. The molecular formula is C20H19N5O. The maximum Gasteiger partial charge on any atom is 0.228 e. The lowest BCUT2D eigenvalue weighted by Gasteiger charge is -2.05. The van der Waals surface area contributed by atoms with Crippen molar-refractivity contribution < 1.29 is 4.79 Å². The van der Waals surface area contributed by atoms with Crippen molar-refractivity contribution >= 4 is 17.2 Å². The molecule has 3 heterocycles. The number of imidazole rings is 1. The molecule has 1 aromatic carbocycles. The SMILES string of the molecule is Cc1ccn2cc(-c3ccc(NC(=O)Cc4cnn(C)c4)cc3)nc2c1. The molecular weight excluding hydrogens is 326 g/mol. The van der Waals surface area contributed by atoms with Crippen molar-refractivity contribution in [2.75, 3.05) is 5.32 Å². The Morgan fingerprint density at radius 2 is 1.96 bits per heavy atom. The second-order valence-corrected chi connectivity index (χ2v) is 6.42. The first-order chi connectivity index (χ1) is 12.6. The van der Waals surface area contributed by atoms with Crippen LogP contribution in [0.25, 0.3) is 16.9 Å². The number of amides is 1. The van der Waals surface area contributed by atoms with Crippen LogP contribution < -0.4 is 5.32 Å². The molecule has 3 aromatic heterocycles. The lowest BCUT2D eigenvalue weighted by molar-refractivity contribution is -0.115. The maximum atomic E-state index is 12.1. The molecule has 0 unspecified atom stereocenters. The molecule has 130 valence electrons. The van der Waals surface area contributed by atoms with Gasteiger partial charge in [-0.3, -0.25) is 9.48 Å². The highest BCUT2D eigenvalue weighted by atomic mass is 16.1. The first-order valence-electron chi connectivity index (χ1n) is 8.40. The summed E-state index contributed by atoms with van der Waals surface area (Å²) in [6, 6.07) is 11.8. The van der Waals surface area contributed by atoms with Crippen LogP contribution in [0.5, 0.6) is 0 Å². The van der Waals surface area contributed by atoms with Crippen LogP contribution in [0.2, 0.25) is 0 Å². The largest absolute Gasteiger partial charge is 0.326 e. The molecule has 1 N–H and O–H groups in total. The van der Waals surface area contributed by atoms with Crippen molar-refractivity contribution in [1.29, 1.82) is 0 Å². The summed E-state index contributed by atoms with van der Waals surface area (Å²) in [4.78, 5) is 16.8. The lowest BCUT2D eigenvalue weighted by atomic mass is 10.1. The van der Waals surface area contributed by atoms with Crippen molar-refractivity contribution in [2.45, 2.75) is 13.3 Å². The van der Waals surface area contributed by atoms with Gasteiger partial charge in [0.2, 0.25) is 5.91 Å². The minimum Gasteiger partial charge on any atom is -0.326 e. The van der Waals surface area contributed by atoms with Crippen LogP contribution in [0.1, 0.15) is 11.1 Å². The Balaban J connectivity index is 1.48. The number of aryl methyl sites for hydroxylation is 2. The summed E-state index contributed by atoms with van der Waals surface area (Å²) >= 11 is 0. The van der Waals surface area contributed by atoms with E-state index in [9.17, 15) is 4.79 Å². The van der Waals surface area contributed by atoms with Crippen LogP contribution in [0.4, 0.5) is 5.69 Å². The third kappa shape index (κ3) is 3.35. The predicted octanol–water partition coefficient (Wildman–Crippen LogP) is 3.22. The van der Waals surface area contributed by atoms with Crippen molar-refractivity contribution in [1.82, 2.24) is 19.2 Å². The monoisotopic (exact) mass is 345 g/mol. The van der Waals surface area contributed by atoms with Crippen molar-refractivity contribution in [3.63, 3.8) is 0 Å². The number of hydrogen-bond donors (Lipinski definition) is 1. The van der Waals surface area contributed by atoms with E-state index in [0.29, 0.717) is 6.42 Å². The van der Waals surface area contributed by atoms with Gasteiger partial charge in [-0.15, -0.1) is 0 Å².